The largest absolute Gasteiger partial charge is 0.426 e. The third-order valence-corrected chi connectivity index (χ3v) is 4.41. The van der Waals surface area contributed by atoms with E-state index in [1.807, 2.05) is 19.1 Å². The van der Waals surface area contributed by atoms with Gasteiger partial charge in [0.25, 0.3) is 0 Å². The molecule has 3 aromatic rings. The number of para-hydroxylation sites is 1. The van der Waals surface area contributed by atoms with Crippen molar-refractivity contribution in [2.75, 3.05) is 5.32 Å². The number of halogens is 2. The van der Waals surface area contributed by atoms with E-state index in [0.29, 0.717) is 22.7 Å². The van der Waals surface area contributed by atoms with Gasteiger partial charge in [0.05, 0.1) is 22.8 Å². The number of carbonyl (C=O) groups excluding carboxylic acids is 1. The first-order chi connectivity index (χ1) is 14.0. The van der Waals surface area contributed by atoms with Crippen LogP contribution in [0.1, 0.15) is 11.1 Å². The topological polar surface area (TPSA) is 50.7 Å². The second-order valence-electron chi connectivity index (χ2n) is 6.30. The van der Waals surface area contributed by atoms with Crippen LogP contribution < -0.4 is 10.1 Å². The molecule has 0 aliphatic rings. The van der Waals surface area contributed by atoms with Crippen molar-refractivity contribution in [1.29, 1.82) is 0 Å². The maximum absolute atomic E-state index is 14.1. The number of aliphatic imine (C=N–C) groups is 1. The van der Waals surface area contributed by atoms with Gasteiger partial charge in [-0.3, -0.25) is 4.79 Å². The van der Waals surface area contributed by atoms with Crippen LogP contribution >= 0.6 is 11.6 Å². The van der Waals surface area contributed by atoms with Crippen molar-refractivity contribution < 1.29 is 13.9 Å². The number of benzene rings is 3. The van der Waals surface area contributed by atoms with Crippen LogP contribution in [0.25, 0.3) is 0 Å². The zero-order valence-electron chi connectivity index (χ0n) is 15.7. The summed E-state index contributed by atoms with van der Waals surface area (Å²) in [5, 5.41) is 3.24. The van der Waals surface area contributed by atoms with Gasteiger partial charge in [-0.05, 0) is 67.4 Å². The Labute approximate surface area is 173 Å². The zero-order valence-corrected chi connectivity index (χ0v) is 16.5. The molecule has 146 valence electrons. The van der Waals surface area contributed by atoms with E-state index in [9.17, 15) is 9.18 Å². The van der Waals surface area contributed by atoms with Crippen molar-refractivity contribution in [1.82, 2.24) is 0 Å². The number of carbonyl (C=O) groups is 1. The van der Waals surface area contributed by atoms with Crippen molar-refractivity contribution >= 4 is 40.5 Å². The van der Waals surface area contributed by atoms with E-state index in [-0.39, 0.29) is 17.1 Å². The van der Waals surface area contributed by atoms with Gasteiger partial charge in [0.1, 0.15) is 11.6 Å². The summed E-state index contributed by atoms with van der Waals surface area (Å²) in [6, 6.07) is 16.6. The molecule has 0 amide bonds. The molecule has 3 aromatic carbocycles. The number of hydrogen-bond acceptors (Lipinski definition) is 4. The molecule has 0 aliphatic heterocycles. The minimum Gasteiger partial charge on any atom is -0.426 e. The van der Waals surface area contributed by atoms with Crippen LogP contribution in [0.3, 0.4) is 0 Å². The molecule has 6 heteroatoms. The van der Waals surface area contributed by atoms with Crippen LogP contribution in [0.5, 0.6) is 5.75 Å². The molecule has 0 unspecified atom stereocenters. The molecular weight excluding hydrogens is 391 g/mol. The van der Waals surface area contributed by atoms with Crippen molar-refractivity contribution in [3.63, 3.8) is 0 Å². The monoisotopic (exact) mass is 408 g/mol. The number of ether oxygens (including phenoxy) is 1. The van der Waals surface area contributed by atoms with E-state index in [1.54, 1.807) is 36.4 Å². The molecule has 0 fully saturated rings. The lowest BCUT2D eigenvalue weighted by Crippen LogP contribution is -2.12. The van der Waals surface area contributed by atoms with Crippen LogP contribution in [-0.2, 0) is 11.2 Å². The third-order valence-electron chi connectivity index (χ3n) is 4.09. The second-order valence-corrected chi connectivity index (χ2v) is 6.70. The molecule has 0 aromatic heterocycles. The van der Waals surface area contributed by atoms with E-state index in [2.05, 4.69) is 22.8 Å². The highest BCUT2D eigenvalue weighted by atomic mass is 35.5. The van der Waals surface area contributed by atoms with Crippen LogP contribution in [0.4, 0.5) is 21.5 Å². The van der Waals surface area contributed by atoms with Crippen molar-refractivity contribution in [3.05, 3.63) is 89.2 Å². The van der Waals surface area contributed by atoms with Gasteiger partial charge in [-0.25, -0.2) is 9.38 Å². The lowest BCUT2D eigenvalue weighted by Gasteiger charge is -2.14. The number of anilines is 2. The smallest absolute Gasteiger partial charge is 0.315 e. The van der Waals surface area contributed by atoms with Gasteiger partial charge in [-0.2, -0.15) is 0 Å². The predicted molar refractivity (Wildman–Crippen MR) is 114 cm³/mol. The Bertz CT molecular complexity index is 1070. The van der Waals surface area contributed by atoms with Crippen molar-refractivity contribution in [3.8, 4) is 5.75 Å². The molecule has 0 spiro atoms. The Balaban J connectivity index is 1.78. The standard InChI is InChI=1S/C23H18ClFN2O2/c1-3-26-17-8-10-18(11-9-17)29-22(28)14-16-13-15(2)7-12-21(16)27-23-19(24)5-4-6-20(23)25/h4-13,27H,1,14H2,2H3. The Morgan fingerprint density at radius 2 is 1.97 bits per heavy atom. The molecule has 0 aliphatic carbocycles. The fourth-order valence-corrected chi connectivity index (χ4v) is 2.96. The molecule has 0 heterocycles. The molecule has 0 radical (unpaired) electrons. The molecule has 0 saturated heterocycles. The Morgan fingerprint density at radius 3 is 2.66 bits per heavy atom. The Morgan fingerprint density at radius 1 is 1.21 bits per heavy atom. The number of aryl methyl sites for hydroxylation is 1. The average molecular weight is 409 g/mol. The zero-order chi connectivity index (χ0) is 20.8. The molecule has 1 N–H and O–H groups in total. The summed E-state index contributed by atoms with van der Waals surface area (Å²) in [6.07, 6.45) is 0.00263. The Hall–Kier alpha value is -3.40. The molecular formula is C23H18ClFN2O2. The second kappa shape index (κ2) is 9.20. The summed E-state index contributed by atoms with van der Waals surface area (Å²) < 4.78 is 19.5. The first kappa shape index (κ1) is 20.3. The number of hydrogen-bond donors (Lipinski definition) is 1. The number of nitrogens with one attached hydrogen (secondary N) is 1. The summed E-state index contributed by atoms with van der Waals surface area (Å²) in [7, 11) is 0. The number of rotatable bonds is 6. The maximum atomic E-state index is 14.1. The first-order valence-corrected chi connectivity index (χ1v) is 9.18. The van der Waals surface area contributed by atoms with Crippen LogP contribution in [0.2, 0.25) is 5.02 Å². The predicted octanol–water partition coefficient (Wildman–Crippen LogP) is 6.17. The molecule has 0 bridgehead atoms. The van der Waals surface area contributed by atoms with E-state index in [1.165, 1.54) is 12.1 Å². The summed E-state index contributed by atoms with van der Waals surface area (Å²) in [6.45, 7) is 5.33. The van der Waals surface area contributed by atoms with E-state index >= 15 is 0 Å². The number of nitrogens with zero attached hydrogens (tertiary/aromatic N) is 1. The highest BCUT2D eigenvalue weighted by Gasteiger charge is 2.14. The lowest BCUT2D eigenvalue weighted by molar-refractivity contribution is -0.133. The first-order valence-electron chi connectivity index (χ1n) is 8.80. The SMILES string of the molecule is C=C=Nc1ccc(OC(=O)Cc2cc(C)ccc2Nc2c(F)cccc2Cl)cc1. The quantitative estimate of drug-likeness (QED) is 0.301. The lowest BCUT2D eigenvalue weighted by atomic mass is 10.1. The average Bonchev–Trinajstić information content (AvgIpc) is 2.68. The summed E-state index contributed by atoms with van der Waals surface area (Å²) in [4.78, 5) is 16.4. The fraction of sp³-hybridized carbons (Fsp3) is 0.0870. The minimum atomic E-state index is -0.478. The normalized spacial score (nSPS) is 10.2. The van der Waals surface area contributed by atoms with Gasteiger partial charge in [-0.1, -0.05) is 35.4 Å². The summed E-state index contributed by atoms with van der Waals surface area (Å²) >= 11 is 6.10. The Kier molecular flexibility index (Phi) is 6.45. The van der Waals surface area contributed by atoms with Crippen LogP contribution in [0.15, 0.2) is 72.2 Å². The summed E-state index contributed by atoms with van der Waals surface area (Å²) in [5.41, 5.74) is 3.03. The highest BCUT2D eigenvalue weighted by molar-refractivity contribution is 6.33. The van der Waals surface area contributed by atoms with Crippen molar-refractivity contribution in [2.45, 2.75) is 13.3 Å². The molecule has 29 heavy (non-hydrogen) atoms. The van der Waals surface area contributed by atoms with Gasteiger partial charge >= 0.3 is 5.97 Å². The van der Waals surface area contributed by atoms with E-state index in [4.69, 9.17) is 16.3 Å². The van der Waals surface area contributed by atoms with Gasteiger partial charge in [0.15, 0.2) is 0 Å². The third kappa shape index (κ3) is 5.32. The fourth-order valence-electron chi connectivity index (χ4n) is 2.75. The van der Waals surface area contributed by atoms with Gasteiger partial charge in [-0.15, -0.1) is 0 Å². The molecule has 3 rings (SSSR count). The molecule has 4 nitrogen and oxygen atoms in total. The van der Waals surface area contributed by atoms with Crippen LogP contribution in [0, 0.1) is 12.7 Å². The van der Waals surface area contributed by atoms with Crippen LogP contribution in [-0.4, -0.2) is 11.8 Å². The van der Waals surface area contributed by atoms with Crippen molar-refractivity contribution in [2.24, 2.45) is 4.99 Å². The summed E-state index contributed by atoms with van der Waals surface area (Å²) in [5.74, 6) is 1.92. The maximum Gasteiger partial charge on any atom is 0.315 e. The van der Waals surface area contributed by atoms with E-state index < -0.39 is 11.8 Å². The van der Waals surface area contributed by atoms with Gasteiger partial charge < -0.3 is 10.1 Å². The molecule has 0 saturated carbocycles. The van der Waals surface area contributed by atoms with E-state index in [0.717, 1.165) is 5.56 Å². The van der Waals surface area contributed by atoms with Gasteiger partial charge in [0, 0.05) is 5.69 Å². The minimum absolute atomic E-state index is 0.00263. The molecule has 0 atom stereocenters. The number of esters is 1. The van der Waals surface area contributed by atoms with Gasteiger partial charge in [0.2, 0.25) is 0 Å². The highest BCUT2D eigenvalue weighted by Crippen LogP contribution is 2.30.